The van der Waals surface area contributed by atoms with Crippen molar-refractivity contribution >= 4 is 16.9 Å². The Morgan fingerprint density at radius 2 is 1.81 bits per heavy atom. The number of carbonyl (C=O) groups excluding carboxylic acids is 1. The lowest BCUT2D eigenvalue weighted by Crippen LogP contribution is -2.38. The van der Waals surface area contributed by atoms with E-state index in [9.17, 15) is 14.4 Å². The lowest BCUT2D eigenvalue weighted by atomic mass is 10.00. The molecule has 8 nitrogen and oxygen atoms in total. The molecule has 1 atom stereocenters. The van der Waals surface area contributed by atoms with Gasteiger partial charge in [0.2, 0.25) is 0 Å². The maximum atomic E-state index is 13.5. The second-order valence-corrected chi connectivity index (χ2v) is 7.94. The Bertz CT molecular complexity index is 1240. The summed E-state index contributed by atoms with van der Waals surface area (Å²) in [6.07, 6.45) is 5.36. The van der Waals surface area contributed by atoms with Gasteiger partial charge in [0, 0.05) is 26.8 Å². The highest BCUT2D eigenvalue weighted by Crippen LogP contribution is 2.32. The number of aromatic nitrogens is 3. The van der Waals surface area contributed by atoms with Gasteiger partial charge in [-0.15, -0.1) is 0 Å². The van der Waals surface area contributed by atoms with Crippen LogP contribution in [0, 0.1) is 0 Å². The van der Waals surface area contributed by atoms with Crippen LogP contribution in [0.3, 0.4) is 0 Å². The highest BCUT2D eigenvalue weighted by Gasteiger charge is 2.28. The van der Waals surface area contributed by atoms with Gasteiger partial charge >= 0.3 is 5.69 Å². The monoisotopic (exact) mass is 422 g/mol. The van der Waals surface area contributed by atoms with Crippen molar-refractivity contribution in [2.45, 2.75) is 31.7 Å². The van der Waals surface area contributed by atoms with E-state index in [0.717, 1.165) is 41.6 Å². The smallest absolute Gasteiger partial charge is 0.332 e. The van der Waals surface area contributed by atoms with Crippen molar-refractivity contribution in [1.29, 1.82) is 0 Å². The van der Waals surface area contributed by atoms with Crippen LogP contribution < -0.4 is 16.0 Å². The zero-order valence-electron chi connectivity index (χ0n) is 18.0. The molecule has 1 aromatic carbocycles. The molecule has 1 saturated heterocycles. The summed E-state index contributed by atoms with van der Waals surface area (Å²) in [5, 5.41) is 0.256. The molecule has 3 heterocycles. The number of amides is 1. The van der Waals surface area contributed by atoms with Gasteiger partial charge in [-0.05, 0) is 36.6 Å². The first-order valence-corrected chi connectivity index (χ1v) is 10.4. The van der Waals surface area contributed by atoms with E-state index in [1.54, 1.807) is 20.2 Å². The standard InChI is InChI=1S/C23H26N4O4/c1-25-20-18(22(29)26(2)23(25)30)13-16(14-24-20)21(28)27-12-6-4-5-7-19(27)15-8-10-17(31-3)11-9-15/h8-11,13-14,19H,4-7,12H2,1-3H3/t19-/m0/s1. The number of aryl methyl sites for hydroxylation is 1. The van der Waals surface area contributed by atoms with Crippen molar-refractivity contribution in [3.63, 3.8) is 0 Å². The molecular formula is C23H26N4O4. The van der Waals surface area contributed by atoms with Gasteiger partial charge in [-0.1, -0.05) is 25.0 Å². The highest BCUT2D eigenvalue weighted by atomic mass is 16.5. The first-order valence-electron chi connectivity index (χ1n) is 10.4. The molecular weight excluding hydrogens is 396 g/mol. The number of pyridine rings is 1. The molecule has 4 rings (SSSR count). The summed E-state index contributed by atoms with van der Waals surface area (Å²) in [4.78, 5) is 44.5. The van der Waals surface area contributed by atoms with Gasteiger partial charge in [0.1, 0.15) is 11.4 Å². The van der Waals surface area contributed by atoms with Crippen LogP contribution in [0.1, 0.15) is 47.6 Å². The molecule has 8 heteroatoms. The molecule has 0 radical (unpaired) electrons. The summed E-state index contributed by atoms with van der Waals surface area (Å²) >= 11 is 0. The maximum Gasteiger partial charge on any atom is 0.332 e. The van der Waals surface area contributed by atoms with Crippen molar-refractivity contribution in [2.24, 2.45) is 14.1 Å². The summed E-state index contributed by atoms with van der Waals surface area (Å²) in [6, 6.07) is 9.32. The van der Waals surface area contributed by atoms with Crippen molar-refractivity contribution in [3.8, 4) is 5.75 Å². The number of ether oxygens (including phenoxy) is 1. The zero-order valence-corrected chi connectivity index (χ0v) is 18.0. The predicted octanol–water partition coefficient (Wildman–Crippen LogP) is 2.40. The average molecular weight is 422 g/mol. The topological polar surface area (TPSA) is 86.4 Å². The second-order valence-electron chi connectivity index (χ2n) is 7.94. The van der Waals surface area contributed by atoms with Gasteiger partial charge < -0.3 is 9.64 Å². The summed E-state index contributed by atoms with van der Waals surface area (Å²) in [5.41, 5.74) is 0.776. The number of carbonyl (C=O) groups is 1. The number of likely N-dealkylation sites (tertiary alicyclic amines) is 1. The van der Waals surface area contributed by atoms with Crippen molar-refractivity contribution in [2.75, 3.05) is 13.7 Å². The molecule has 3 aromatic rings. The zero-order chi connectivity index (χ0) is 22.1. The van der Waals surface area contributed by atoms with Gasteiger partial charge in [0.05, 0.1) is 24.1 Å². The Morgan fingerprint density at radius 1 is 1.06 bits per heavy atom. The molecule has 1 aliphatic rings. The van der Waals surface area contributed by atoms with Crippen LogP contribution in [0.15, 0.2) is 46.1 Å². The minimum absolute atomic E-state index is 0.0560. The number of methoxy groups -OCH3 is 1. The highest BCUT2D eigenvalue weighted by molar-refractivity contribution is 5.97. The number of nitrogens with zero attached hydrogens (tertiary/aromatic N) is 4. The van der Waals surface area contributed by atoms with Crippen molar-refractivity contribution < 1.29 is 9.53 Å². The van der Waals surface area contributed by atoms with E-state index in [2.05, 4.69) is 4.98 Å². The fourth-order valence-corrected chi connectivity index (χ4v) is 4.27. The van der Waals surface area contributed by atoms with Gasteiger partial charge in [0.25, 0.3) is 11.5 Å². The van der Waals surface area contributed by atoms with Gasteiger partial charge in [0.15, 0.2) is 0 Å². The van der Waals surface area contributed by atoms with Gasteiger partial charge in [-0.25, -0.2) is 9.78 Å². The number of hydrogen-bond acceptors (Lipinski definition) is 5. The summed E-state index contributed by atoms with van der Waals surface area (Å²) < 4.78 is 7.61. The molecule has 31 heavy (non-hydrogen) atoms. The molecule has 0 unspecified atom stereocenters. The van der Waals surface area contributed by atoms with E-state index >= 15 is 0 Å². The molecule has 2 aromatic heterocycles. The van der Waals surface area contributed by atoms with Gasteiger partial charge in [-0.2, -0.15) is 0 Å². The van der Waals surface area contributed by atoms with Crippen LogP contribution in [0.25, 0.3) is 11.0 Å². The molecule has 1 amide bonds. The number of fused-ring (bicyclic) bond motifs is 1. The van der Waals surface area contributed by atoms with Crippen molar-refractivity contribution in [3.05, 3.63) is 68.5 Å². The van der Waals surface area contributed by atoms with E-state index in [-0.39, 0.29) is 23.0 Å². The van der Waals surface area contributed by atoms with E-state index in [4.69, 9.17) is 4.74 Å². The second kappa shape index (κ2) is 8.37. The first-order chi connectivity index (χ1) is 14.9. The van der Waals surface area contributed by atoms with Crippen LogP contribution in [0.2, 0.25) is 0 Å². The SMILES string of the molecule is COc1ccc([C@@H]2CCCCCN2C(=O)c2cnc3c(c2)c(=O)n(C)c(=O)n3C)cc1. The quantitative estimate of drug-likeness (QED) is 0.647. The van der Waals surface area contributed by atoms with E-state index in [0.29, 0.717) is 12.1 Å². The summed E-state index contributed by atoms with van der Waals surface area (Å²) in [7, 11) is 4.61. The molecule has 0 saturated carbocycles. The summed E-state index contributed by atoms with van der Waals surface area (Å²) in [6.45, 7) is 0.638. The molecule has 162 valence electrons. The van der Waals surface area contributed by atoms with Crippen LogP contribution in [0.4, 0.5) is 0 Å². The lowest BCUT2D eigenvalue weighted by Gasteiger charge is -2.30. The lowest BCUT2D eigenvalue weighted by molar-refractivity contribution is 0.0680. The molecule has 0 N–H and O–H groups in total. The molecule has 0 spiro atoms. The van der Waals surface area contributed by atoms with E-state index in [1.807, 2.05) is 29.2 Å². The number of benzene rings is 1. The minimum atomic E-state index is -0.456. The molecule has 0 aliphatic carbocycles. The Morgan fingerprint density at radius 3 is 2.52 bits per heavy atom. The Hall–Kier alpha value is -3.42. The molecule has 1 fully saturated rings. The van der Waals surface area contributed by atoms with Crippen LogP contribution in [-0.2, 0) is 14.1 Å². The number of rotatable bonds is 3. The van der Waals surface area contributed by atoms with Crippen LogP contribution in [0.5, 0.6) is 5.75 Å². The maximum absolute atomic E-state index is 13.5. The fourth-order valence-electron chi connectivity index (χ4n) is 4.27. The largest absolute Gasteiger partial charge is 0.497 e. The third-order valence-corrected chi connectivity index (χ3v) is 6.05. The summed E-state index contributed by atoms with van der Waals surface area (Å²) in [5.74, 6) is 0.614. The van der Waals surface area contributed by atoms with Crippen LogP contribution >= 0.6 is 0 Å². The fraction of sp³-hybridized carbons (Fsp3) is 0.391. The molecule has 1 aliphatic heterocycles. The van der Waals surface area contributed by atoms with Crippen molar-refractivity contribution in [1.82, 2.24) is 19.0 Å². The van der Waals surface area contributed by atoms with Crippen LogP contribution in [-0.4, -0.2) is 38.6 Å². The third-order valence-electron chi connectivity index (χ3n) is 6.05. The number of hydrogen-bond donors (Lipinski definition) is 0. The third kappa shape index (κ3) is 3.73. The van der Waals surface area contributed by atoms with E-state index in [1.165, 1.54) is 17.8 Å². The van der Waals surface area contributed by atoms with Gasteiger partial charge in [-0.3, -0.25) is 18.7 Å². The first kappa shape index (κ1) is 20.8. The predicted molar refractivity (Wildman–Crippen MR) is 117 cm³/mol. The average Bonchev–Trinajstić information content (AvgIpc) is 3.06. The minimum Gasteiger partial charge on any atom is -0.497 e. The Labute approximate surface area is 179 Å². The van der Waals surface area contributed by atoms with E-state index < -0.39 is 11.2 Å². The Balaban J connectivity index is 1.75. The molecule has 0 bridgehead atoms. The normalized spacial score (nSPS) is 16.9. The Kier molecular flexibility index (Phi) is 5.63.